The standard InChI is InChI=1S/C34H30N4O6/c1-41-27-19-15-25(16-20-27)35-31(32(39)43-3)34(33(40)44-4)29(23-11-7-5-8-12-23)36-38(26-17-21-28(42-2)22-18-26)37-30(34)24-13-9-6-10-14-24/h5-22H,1-4H3. The van der Waals surface area contributed by atoms with Gasteiger partial charge in [-0.05, 0) is 59.7 Å². The molecule has 0 atom stereocenters. The highest BCUT2D eigenvalue weighted by Crippen LogP contribution is 2.39. The van der Waals surface area contributed by atoms with Gasteiger partial charge in [-0.1, -0.05) is 60.7 Å². The quantitative estimate of drug-likeness (QED) is 0.189. The SMILES string of the molecule is COC(=O)C(=Nc1ccc(OC)cc1)C1(C(=O)OC)C(c2ccccc2)=NN(c2ccc(OC)cc2)N=C1c1ccccc1. The van der Waals surface area contributed by atoms with Gasteiger partial charge in [0.1, 0.15) is 22.9 Å². The Kier molecular flexibility index (Phi) is 8.80. The van der Waals surface area contributed by atoms with E-state index in [2.05, 4.69) is 0 Å². The molecule has 44 heavy (non-hydrogen) atoms. The number of benzene rings is 4. The Hall–Kier alpha value is -5.77. The smallest absolute Gasteiger partial charge is 0.354 e. The number of rotatable bonds is 9. The molecule has 10 nitrogen and oxygen atoms in total. The van der Waals surface area contributed by atoms with Gasteiger partial charge in [-0.2, -0.15) is 15.3 Å². The largest absolute Gasteiger partial charge is 0.497 e. The molecule has 0 saturated heterocycles. The van der Waals surface area contributed by atoms with E-state index < -0.39 is 17.4 Å². The summed E-state index contributed by atoms with van der Waals surface area (Å²) >= 11 is 0. The molecule has 0 unspecified atom stereocenters. The number of esters is 2. The van der Waals surface area contributed by atoms with Crippen LogP contribution in [0.1, 0.15) is 11.1 Å². The van der Waals surface area contributed by atoms with Crippen molar-refractivity contribution < 1.29 is 28.5 Å². The Balaban J connectivity index is 1.89. The lowest BCUT2D eigenvalue weighted by Gasteiger charge is -2.38. The van der Waals surface area contributed by atoms with E-state index in [1.54, 1.807) is 87.0 Å². The maximum atomic E-state index is 14.4. The number of nitrogens with zero attached hydrogens (tertiary/aromatic N) is 4. The molecule has 0 fully saturated rings. The van der Waals surface area contributed by atoms with Gasteiger partial charge in [0.2, 0.25) is 5.41 Å². The summed E-state index contributed by atoms with van der Waals surface area (Å²) in [6.45, 7) is 0. The van der Waals surface area contributed by atoms with Gasteiger partial charge in [0.25, 0.3) is 0 Å². The number of ether oxygens (including phenoxy) is 4. The molecule has 5 rings (SSSR count). The highest BCUT2D eigenvalue weighted by Gasteiger charge is 2.60. The average molecular weight is 591 g/mol. The monoisotopic (exact) mass is 590 g/mol. The third-order valence-electron chi connectivity index (χ3n) is 7.04. The Morgan fingerprint density at radius 2 is 1.11 bits per heavy atom. The predicted octanol–water partition coefficient (Wildman–Crippen LogP) is 5.44. The van der Waals surface area contributed by atoms with Gasteiger partial charge < -0.3 is 18.9 Å². The zero-order chi connectivity index (χ0) is 31.1. The molecule has 4 aromatic rings. The van der Waals surface area contributed by atoms with Gasteiger partial charge in [-0.15, -0.1) is 0 Å². The summed E-state index contributed by atoms with van der Waals surface area (Å²) < 4.78 is 21.4. The Morgan fingerprint density at radius 1 is 0.636 bits per heavy atom. The molecule has 222 valence electrons. The van der Waals surface area contributed by atoms with E-state index in [9.17, 15) is 9.59 Å². The summed E-state index contributed by atoms with van der Waals surface area (Å²) in [5.74, 6) is -0.447. The van der Waals surface area contributed by atoms with Crippen molar-refractivity contribution in [3.05, 3.63) is 120 Å². The van der Waals surface area contributed by atoms with E-state index in [-0.39, 0.29) is 17.1 Å². The van der Waals surface area contributed by atoms with E-state index >= 15 is 0 Å². The third kappa shape index (κ3) is 5.52. The van der Waals surface area contributed by atoms with Crippen LogP contribution in [0.25, 0.3) is 0 Å². The summed E-state index contributed by atoms with van der Waals surface area (Å²) in [5.41, 5.74) is -0.00831. The number of hydrazone groups is 2. The van der Waals surface area contributed by atoms with Crippen LogP contribution in [-0.2, 0) is 19.1 Å². The van der Waals surface area contributed by atoms with Crippen LogP contribution in [0.5, 0.6) is 11.5 Å². The van der Waals surface area contributed by atoms with E-state index in [1.807, 2.05) is 36.4 Å². The van der Waals surface area contributed by atoms with Crippen molar-refractivity contribution in [3.63, 3.8) is 0 Å². The van der Waals surface area contributed by atoms with Crippen LogP contribution in [0.15, 0.2) is 124 Å². The number of methoxy groups -OCH3 is 4. The minimum atomic E-state index is -2.06. The van der Waals surface area contributed by atoms with Crippen LogP contribution < -0.4 is 14.6 Å². The minimum Gasteiger partial charge on any atom is -0.497 e. The second-order valence-corrected chi connectivity index (χ2v) is 9.51. The van der Waals surface area contributed by atoms with Crippen LogP contribution in [-0.4, -0.2) is 57.5 Å². The van der Waals surface area contributed by atoms with Crippen LogP contribution in [0.2, 0.25) is 0 Å². The maximum Gasteiger partial charge on any atom is 0.354 e. The molecule has 1 aliphatic rings. The van der Waals surface area contributed by atoms with Gasteiger partial charge in [-0.3, -0.25) is 4.79 Å². The molecule has 1 aliphatic heterocycles. The topological polar surface area (TPSA) is 111 Å². The zero-order valence-corrected chi connectivity index (χ0v) is 24.6. The van der Waals surface area contributed by atoms with Crippen LogP contribution in [0.3, 0.4) is 0 Å². The number of hydrogen-bond donors (Lipinski definition) is 0. The fraction of sp³-hybridized carbons (Fsp3) is 0.147. The van der Waals surface area contributed by atoms with E-state index in [0.717, 1.165) is 0 Å². The van der Waals surface area contributed by atoms with E-state index in [4.69, 9.17) is 34.1 Å². The number of anilines is 1. The second kappa shape index (κ2) is 13.0. The lowest BCUT2D eigenvalue weighted by molar-refractivity contribution is -0.144. The molecule has 0 spiro atoms. The summed E-state index contributed by atoms with van der Waals surface area (Å²) in [7, 11) is 5.59. The lowest BCUT2D eigenvalue weighted by atomic mass is 9.69. The first-order valence-corrected chi connectivity index (χ1v) is 13.6. The molecule has 0 aliphatic carbocycles. The van der Waals surface area contributed by atoms with Crippen molar-refractivity contribution in [2.45, 2.75) is 0 Å². The summed E-state index contributed by atoms with van der Waals surface area (Å²) in [5, 5.41) is 11.2. The van der Waals surface area contributed by atoms with E-state index in [1.165, 1.54) is 19.3 Å². The van der Waals surface area contributed by atoms with Crippen molar-refractivity contribution in [2.75, 3.05) is 33.6 Å². The van der Waals surface area contributed by atoms with Crippen LogP contribution >= 0.6 is 0 Å². The molecule has 0 amide bonds. The number of carbonyl (C=O) groups excluding carboxylic acids is 2. The number of carbonyl (C=O) groups is 2. The van der Waals surface area contributed by atoms with Crippen molar-refractivity contribution in [1.29, 1.82) is 0 Å². The molecule has 0 aromatic heterocycles. The second-order valence-electron chi connectivity index (χ2n) is 9.51. The van der Waals surface area contributed by atoms with Crippen molar-refractivity contribution >= 4 is 40.4 Å². The number of hydrogen-bond acceptors (Lipinski definition) is 10. The van der Waals surface area contributed by atoms with Gasteiger partial charge in [-0.25, -0.2) is 9.79 Å². The Morgan fingerprint density at radius 3 is 1.55 bits per heavy atom. The molecule has 0 radical (unpaired) electrons. The number of aliphatic imine (C=N–C) groups is 1. The first kappa shape index (κ1) is 29.7. The molecule has 4 aromatic carbocycles. The van der Waals surface area contributed by atoms with Crippen molar-refractivity contribution in [3.8, 4) is 11.5 Å². The molecule has 10 heteroatoms. The highest BCUT2D eigenvalue weighted by atomic mass is 16.5. The average Bonchev–Trinajstić information content (AvgIpc) is 3.10. The molecular formula is C34H30N4O6. The predicted molar refractivity (Wildman–Crippen MR) is 168 cm³/mol. The summed E-state index contributed by atoms with van der Waals surface area (Å²) in [6, 6.07) is 31.9. The maximum absolute atomic E-state index is 14.4. The van der Waals surface area contributed by atoms with Crippen LogP contribution in [0, 0.1) is 5.41 Å². The molecule has 1 heterocycles. The van der Waals surface area contributed by atoms with Gasteiger partial charge in [0.05, 0.1) is 39.8 Å². The first-order chi connectivity index (χ1) is 21.5. The third-order valence-corrected chi connectivity index (χ3v) is 7.04. The van der Waals surface area contributed by atoms with Gasteiger partial charge in [0, 0.05) is 0 Å². The Labute approximate surface area is 254 Å². The fourth-order valence-corrected chi connectivity index (χ4v) is 4.88. The molecule has 0 N–H and O–H groups in total. The van der Waals surface area contributed by atoms with Crippen molar-refractivity contribution in [2.24, 2.45) is 20.6 Å². The highest BCUT2D eigenvalue weighted by molar-refractivity contribution is 6.59. The molecule has 0 bridgehead atoms. The minimum absolute atomic E-state index is 0.160. The summed E-state index contributed by atoms with van der Waals surface area (Å²) in [4.78, 5) is 33.0. The molecular weight excluding hydrogens is 560 g/mol. The van der Waals surface area contributed by atoms with Crippen molar-refractivity contribution in [1.82, 2.24) is 0 Å². The van der Waals surface area contributed by atoms with Gasteiger partial charge in [0.15, 0.2) is 5.71 Å². The lowest BCUT2D eigenvalue weighted by Crippen LogP contribution is -2.59. The zero-order valence-electron chi connectivity index (χ0n) is 24.6. The van der Waals surface area contributed by atoms with E-state index in [0.29, 0.717) is 34.0 Å². The summed E-state index contributed by atoms with van der Waals surface area (Å²) in [6.07, 6.45) is 0. The van der Waals surface area contributed by atoms with Gasteiger partial charge >= 0.3 is 11.9 Å². The van der Waals surface area contributed by atoms with Crippen LogP contribution in [0.4, 0.5) is 11.4 Å². The molecule has 0 saturated carbocycles. The fourth-order valence-electron chi connectivity index (χ4n) is 4.88. The normalized spacial score (nSPS) is 14.2. The first-order valence-electron chi connectivity index (χ1n) is 13.6. The Bertz CT molecular complexity index is 1660.